The van der Waals surface area contributed by atoms with Gasteiger partial charge in [0.25, 0.3) is 0 Å². The van der Waals surface area contributed by atoms with Crippen molar-refractivity contribution in [2.45, 2.75) is 18.9 Å². The molecule has 0 bridgehead atoms. The van der Waals surface area contributed by atoms with Crippen molar-refractivity contribution >= 4 is 40.7 Å². The first-order valence-corrected chi connectivity index (χ1v) is 6.92. The molecule has 2 rings (SSSR count). The highest BCUT2D eigenvalue weighted by Crippen LogP contribution is 2.23. The predicted molar refractivity (Wildman–Crippen MR) is 75.7 cm³/mol. The molecule has 1 aliphatic heterocycles. The monoisotopic (exact) mass is 300 g/mol. The molecule has 1 saturated heterocycles. The van der Waals surface area contributed by atoms with Gasteiger partial charge in [0, 0.05) is 36.0 Å². The number of rotatable bonds is 4. The zero-order valence-electron chi connectivity index (χ0n) is 10.2. The summed E-state index contributed by atoms with van der Waals surface area (Å²) in [5.74, 6) is 0.164. The average molecular weight is 301 g/mol. The van der Waals surface area contributed by atoms with E-state index < -0.39 is 0 Å². The fourth-order valence-electron chi connectivity index (χ4n) is 2.06. The predicted octanol–water partition coefficient (Wildman–Crippen LogP) is 2.19. The third-order valence-corrected chi connectivity index (χ3v) is 3.39. The van der Waals surface area contributed by atoms with Crippen molar-refractivity contribution in [2.24, 2.45) is 0 Å². The lowest BCUT2D eigenvalue weighted by Crippen LogP contribution is -2.37. The molecule has 0 radical (unpaired) electrons. The van der Waals surface area contributed by atoms with E-state index in [-0.39, 0.29) is 30.2 Å². The fourth-order valence-corrected chi connectivity index (χ4v) is 2.36. The van der Waals surface area contributed by atoms with Crippen molar-refractivity contribution in [1.82, 2.24) is 5.32 Å². The highest BCUT2D eigenvalue weighted by Gasteiger charge is 2.31. The summed E-state index contributed by atoms with van der Waals surface area (Å²) in [6, 6.07) is 6.92. The van der Waals surface area contributed by atoms with Crippen LogP contribution in [0.1, 0.15) is 12.8 Å². The molecule has 0 unspecified atom stereocenters. The summed E-state index contributed by atoms with van der Waals surface area (Å²) in [5.41, 5.74) is 0.795. The number of nitrogens with zero attached hydrogens (tertiary/aromatic N) is 1. The fraction of sp³-hybridized carbons (Fsp3) is 0.385. The van der Waals surface area contributed by atoms with Crippen LogP contribution in [0.15, 0.2) is 24.3 Å². The van der Waals surface area contributed by atoms with Crippen LogP contribution in [-0.4, -0.2) is 30.3 Å². The van der Waals surface area contributed by atoms with Crippen LogP contribution in [0.3, 0.4) is 0 Å². The summed E-state index contributed by atoms with van der Waals surface area (Å²) >= 11 is 11.3. The molecule has 19 heavy (non-hydrogen) atoms. The Balaban J connectivity index is 1.99. The standard InChI is InChI=1S/C13H14Cl2N2O2/c14-6-5-12(18)16-10-7-13(19)17(8-10)11-3-1-9(15)2-4-11/h1-4,10H,5-8H2,(H,16,18)/t10-/m0/s1. The zero-order valence-corrected chi connectivity index (χ0v) is 11.7. The van der Waals surface area contributed by atoms with Crippen molar-refractivity contribution in [2.75, 3.05) is 17.3 Å². The normalized spacial score (nSPS) is 18.7. The first kappa shape index (κ1) is 14.2. The number of nitrogens with one attached hydrogen (secondary N) is 1. The van der Waals surface area contributed by atoms with Gasteiger partial charge in [0.1, 0.15) is 0 Å². The van der Waals surface area contributed by atoms with Gasteiger partial charge in [-0.25, -0.2) is 0 Å². The molecular formula is C13H14Cl2N2O2. The molecule has 0 aromatic heterocycles. The van der Waals surface area contributed by atoms with Gasteiger partial charge in [-0.1, -0.05) is 11.6 Å². The van der Waals surface area contributed by atoms with E-state index in [1.807, 2.05) is 0 Å². The molecule has 1 N–H and O–H groups in total. The Bertz CT molecular complexity index is 476. The number of alkyl halides is 1. The van der Waals surface area contributed by atoms with Gasteiger partial charge in [-0.15, -0.1) is 11.6 Å². The average Bonchev–Trinajstić information content (AvgIpc) is 2.71. The Morgan fingerprint density at radius 1 is 1.37 bits per heavy atom. The second-order valence-corrected chi connectivity index (χ2v) is 5.20. The van der Waals surface area contributed by atoms with Crippen molar-refractivity contribution in [3.8, 4) is 0 Å². The van der Waals surface area contributed by atoms with Gasteiger partial charge < -0.3 is 10.2 Å². The molecule has 1 fully saturated rings. The molecule has 1 aromatic carbocycles. The smallest absolute Gasteiger partial charge is 0.229 e. The molecule has 1 aromatic rings. The summed E-state index contributed by atoms with van der Waals surface area (Å²) < 4.78 is 0. The number of carbonyl (C=O) groups is 2. The summed E-state index contributed by atoms with van der Waals surface area (Å²) in [6.45, 7) is 0.481. The molecular weight excluding hydrogens is 287 g/mol. The molecule has 1 atom stereocenters. The number of halogens is 2. The first-order valence-electron chi connectivity index (χ1n) is 6.01. The maximum atomic E-state index is 11.9. The summed E-state index contributed by atoms with van der Waals surface area (Å²) in [7, 11) is 0. The number of hydrogen-bond donors (Lipinski definition) is 1. The Kier molecular flexibility index (Phi) is 4.66. The van der Waals surface area contributed by atoms with Gasteiger partial charge in [0.05, 0.1) is 6.04 Å². The van der Waals surface area contributed by atoms with Crippen LogP contribution in [-0.2, 0) is 9.59 Å². The Morgan fingerprint density at radius 3 is 2.68 bits per heavy atom. The third kappa shape index (κ3) is 3.61. The van der Waals surface area contributed by atoms with Gasteiger partial charge in [-0.2, -0.15) is 0 Å². The van der Waals surface area contributed by atoms with Gasteiger partial charge in [-0.05, 0) is 24.3 Å². The number of carbonyl (C=O) groups excluding carboxylic acids is 2. The minimum Gasteiger partial charge on any atom is -0.351 e. The van der Waals surface area contributed by atoms with Crippen LogP contribution >= 0.6 is 23.2 Å². The number of anilines is 1. The van der Waals surface area contributed by atoms with E-state index in [1.165, 1.54) is 0 Å². The highest BCUT2D eigenvalue weighted by molar-refractivity contribution is 6.30. The Morgan fingerprint density at radius 2 is 2.05 bits per heavy atom. The van der Waals surface area contributed by atoms with Crippen molar-refractivity contribution < 1.29 is 9.59 Å². The SMILES string of the molecule is O=C(CCCl)N[C@H]1CC(=O)N(c2ccc(Cl)cc2)C1. The van der Waals surface area contributed by atoms with Crippen molar-refractivity contribution in [3.05, 3.63) is 29.3 Å². The number of benzene rings is 1. The van der Waals surface area contributed by atoms with Gasteiger partial charge in [0.15, 0.2) is 0 Å². The molecule has 6 heteroatoms. The van der Waals surface area contributed by atoms with E-state index in [1.54, 1.807) is 29.2 Å². The number of hydrogen-bond acceptors (Lipinski definition) is 2. The molecule has 1 heterocycles. The summed E-state index contributed by atoms with van der Waals surface area (Å²) in [6.07, 6.45) is 0.587. The molecule has 102 valence electrons. The van der Waals surface area contributed by atoms with Crippen LogP contribution in [0, 0.1) is 0 Å². The Hall–Kier alpha value is -1.26. The molecule has 0 aliphatic carbocycles. The van der Waals surface area contributed by atoms with Gasteiger partial charge in [0.2, 0.25) is 11.8 Å². The minimum atomic E-state index is -0.154. The Labute approximate surface area is 121 Å². The quantitative estimate of drug-likeness (QED) is 0.867. The highest BCUT2D eigenvalue weighted by atomic mass is 35.5. The lowest BCUT2D eigenvalue weighted by molar-refractivity contribution is -0.121. The zero-order chi connectivity index (χ0) is 13.8. The third-order valence-electron chi connectivity index (χ3n) is 2.95. The van der Waals surface area contributed by atoms with Gasteiger partial charge in [-0.3, -0.25) is 9.59 Å². The van der Waals surface area contributed by atoms with Gasteiger partial charge >= 0.3 is 0 Å². The number of amides is 2. The van der Waals surface area contributed by atoms with E-state index in [2.05, 4.69) is 5.32 Å². The lowest BCUT2D eigenvalue weighted by atomic mass is 10.2. The summed E-state index contributed by atoms with van der Waals surface area (Å²) in [5, 5.41) is 3.44. The van der Waals surface area contributed by atoms with Crippen molar-refractivity contribution in [1.29, 1.82) is 0 Å². The topological polar surface area (TPSA) is 49.4 Å². The molecule has 0 saturated carbocycles. The van der Waals surface area contributed by atoms with Crippen LogP contribution in [0.2, 0.25) is 5.02 Å². The molecule has 4 nitrogen and oxygen atoms in total. The molecule has 2 amide bonds. The van der Waals surface area contributed by atoms with Crippen molar-refractivity contribution in [3.63, 3.8) is 0 Å². The van der Waals surface area contributed by atoms with Crippen LogP contribution < -0.4 is 10.2 Å². The largest absolute Gasteiger partial charge is 0.351 e. The second-order valence-electron chi connectivity index (χ2n) is 4.39. The molecule has 0 spiro atoms. The van der Waals surface area contributed by atoms with Crippen LogP contribution in [0.25, 0.3) is 0 Å². The van der Waals surface area contributed by atoms with Crippen LogP contribution in [0.4, 0.5) is 5.69 Å². The lowest BCUT2D eigenvalue weighted by Gasteiger charge is -2.17. The second kappa shape index (κ2) is 6.26. The maximum absolute atomic E-state index is 11.9. The van der Waals surface area contributed by atoms with Crippen LogP contribution in [0.5, 0.6) is 0 Å². The van der Waals surface area contributed by atoms with E-state index in [0.717, 1.165) is 5.69 Å². The minimum absolute atomic E-state index is 0.00139. The maximum Gasteiger partial charge on any atom is 0.229 e. The molecule has 1 aliphatic rings. The van der Waals surface area contributed by atoms with E-state index in [9.17, 15) is 9.59 Å². The van der Waals surface area contributed by atoms with E-state index in [4.69, 9.17) is 23.2 Å². The summed E-state index contributed by atoms with van der Waals surface area (Å²) in [4.78, 5) is 25.0. The first-order chi connectivity index (χ1) is 9.10. The van der Waals surface area contributed by atoms with E-state index >= 15 is 0 Å². The van der Waals surface area contributed by atoms with E-state index in [0.29, 0.717) is 18.0 Å².